The van der Waals surface area contributed by atoms with E-state index in [4.69, 9.17) is 10.2 Å². The van der Waals surface area contributed by atoms with Gasteiger partial charge < -0.3 is 15.1 Å². The Balaban J connectivity index is 2.07. The first-order valence-electron chi connectivity index (χ1n) is 6.18. The standard InChI is InChI=1S/C15H18N2O2/c1-11-6-14(10-19-11)15(18)17(2)9-13-5-3-4-12(7-13)8-16/h3-7,10H,8-9,16H2,1-2H3. The number of amides is 1. The van der Waals surface area contributed by atoms with Crippen molar-refractivity contribution >= 4 is 5.91 Å². The van der Waals surface area contributed by atoms with Gasteiger partial charge in [0, 0.05) is 20.1 Å². The third kappa shape index (κ3) is 3.23. The number of aryl methyl sites for hydroxylation is 1. The van der Waals surface area contributed by atoms with Crippen LogP contribution in [-0.2, 0) is 13.1 Å². The Morgan fingerprint density at radius 3 is 2.68 bits per heavy atom. The Morgan fingerprint density at radius 2 is 2.05 bits per heavy atom. The molecule has 2 aromatic rings. The smallest absolute Gasteiger partial charge is 0.257 e. The van der Waals surface area contributed by atoms with E-state index in [2.05, 4.69) is 0 Å². The van der Waals surface area contributed by atoms with Crippen LogP contribution < -0.4 is 5.73 Å². The normalized spacial score (nSPS) is 10.5. The predicted molar refractivity (Wildman–Crippen MR) is 73.6 cm³/mol. The van der Waals surface area contributed by atoms with E-state index >= 15 is 0 Å². The molecule has 100 valence electrons. The van der Waals surface area contributed by atoms with Gasteiger partial charge in [-0.25, -0.2) is 0 Å². The number of carbonyl (C=O) groups excluding carboxylic acids is 1. The Labute approximate surface area is 112 Å². The lowest BCUT2D eigenvalue weighted by atomic mass is 10.1. The van der Waals surface area contributed by atoms with Crippen LogP contribution in [0.15, 0.2) is 41.0 Å². The van der Waals surface area contributed by atoms with Crippen LogP contribution in [0.25, 0.3) is 0 Å². The van der Waals surface area contributed by atoms with Gasteiger partial charge in [-0.15, -0.1) is 0 Å². The first-order valence-corrected chi connectivity index (χ1v) is 6.18. The molecule has 1 amide bonds. The first-order chi connectivity index (χ1) is 9.10. The Morgan fingerprint density at radius 1 is 1.32 bits per heavy atom. The van der Waals surface area contributed by atoms with Crippen molar-refractivity contribution in [3.63, 3.8) is 0 Å². The third-order valence-corrected chi connectivity index (χ3v) is 2.97. The summed E-state index contributed by atoms with van der Waals surface area (Å²) in [7, 11) is 1.78. The number of benzene rings is 1. The molecule has 0 saturated carbocycles. The minimum Gasteiger partial charge on any atom is -0.469 e. The van der Waals surface area contributed by atoms with Crippen LogP contribution in [0.2, 0.25) is 0 Å². The molecule has 0 aliphatic heterocycles. The maximum absolute atomic E-state index is 12.2. The van der Waals surface area contributed by atoms with Gasteiger partial charge in [0.25, 0.3) is 5.91 Å². The van der Waals surface area contributed by atoms with Crippen molar-refractivity contribution in [1.29, 1.82) is 0 Å². The summed E-state index contributed by atoms with van der Waals surface area (Å²) in [5, 5.41) is 0. The summed E-state index contributed by atoms with van der Waals surface area (Å²) >= 11 is 0. The molecule has 0 spiro atoms. The van der Waals surface area contributed by atoms with Crippen LogP contribution in [0.3, 0.4) is 0 Å². The van der Waals surface area contributed by atoms with Crippen molar-refractivity contribution in [3.05, 3.63) is 59.0 Å². The zero-order valence-corrected chi connectivity index (χ0v) is 11.2. The van der Waals surface area contributed by atoms with E-state index in [9.17, 15) is 4.79 Å². The summed E-state index contributed by atoms with van der Waals surface area (Å²) in [5.74, 6) is 0.692. The van der Waals surface area contributed by atoms with E-state index in [1.165, 1.54) is 6.26 Å². The highest BCUT2D eigenvalue weighted by Crippen LogP contribution is 2.12. The molecule has 0 aliphatic rings. The quantitative estimate of drug-likeness (QED) is 0.915. The van der Waals surface area contributed by atoms with Gasteiger partial charge in [-0.1, -0.05) is 24.3 Å². The number of hydrogen-bond acceptors (Lipinski definition) is 3. The van der Waals surface area contributed by atoms with E-state index in [0.717, 1.165) is 16.9 Å². The highest BCUT2D eigenvalue weighted by Gasteiger charge is 2.14. The summed E-state index contributed by atoms with van der Waals surface area (Å²) in [6.45, 7) is 2.88. The molecule has 2 rings (SSSR count). The molecule has 0 aliphatic carbocycles. The van der Waals surface area contributed by atoms with Gasteiger partial charge in [-0.3, -0.25) is 4.79 Å². The van der Waals surface area contributed by atoms with E-state index in [0.29, 0.717) is 18.7 Å². The van der Waals surface area contributed by atoms with E-state index < -0.39 is 0 Å². The molecule has 0 atom stereocenters. The topological polar surface area (TPSA) is 59.5 Å². The molecule has 4 nitrogen and oxygen atoms in total. The number of carbonyl (C=O) groups is 1. The molecule has 2 N–H and O–H groups in total. The molecular weight excluding hydrogens is 240 g/mol. The van der Waals surface area contributed by atoms with Crippen molar-refractivity contribution < 1.29 is 9.21 Å². The summed E-state index contributed by atoms with van der Waals surface area (Å²) in [6.07, 6.45) is 1.49. The Hall–Kier alpha value is -2.07. The lowest BCUT2D eigenvalue weighted by Crippen LogP contribution is -2.25. The molecule has 0 bridgehead atoms. The van der Waals surface area contributed by atoms with Crippen LogP contribution in [0.5, 0.6) is 0 Å². The number of nitrogens with zero attached hydrogens (tertiary/aromatic N) is 1. The first kappa shape index (κ1) is 13.4. The average molecular weight is 258 g/mol. The number of hydrogen-bond donors (Lipinski definition) is 1. The minimum atomic E-state index is -0.0463. The molecule has 1 aromatic carbocycles. The second kappa shape index (κ2) is 5.71. The van der Waals surface area contributed by atoms with Gasteiger partial charge in [-0.2, -0.15) is 0 Å². The van der Waals surface area contributed by atoms with Gasteiger partial charge in [-0.05, 0) is 24.1 Å². The fourth-order valence-electron chi connectivity index (χ4n) is 1.98. The second-order valence-corrected chi connectivity index (χ2v) is 4.63. The van der Waals surface area contributed by atoms with Crippen molar-refractivity contribution in [1.82, 2.24) is 4.90 Å². The minimum absolute atomic E-state index is 0.0463. The van der Waals surface area contributed by atoms with Gasteiger partial charge in [0.15, 0.2) is 0 Å². The molecule has 4 heteroatoms. The SMILES string of the molecule is Cc1cc(C(=O)N(C)Cc2cccc(CN)c2)co1. The molecule has 0 unspecified atom stereocenters. The predicted octanol–water partition coefficient (Wildman–Crippen LogP) is 2.32. The molecular formula is C15H18N2O2. The van der Waals surface area contributed by atoms with Gasteiger partial charge >= 0.3 is 0 Å². The van der Waals surface area contributed by atoms with Gasteiger partial charge in [0.1, 0.15) is 12.0 Å². The number of nitrogens with two attached hydrogens (primary N) is 1. The van der Waals surface area contributed by atoms with E-state index in [1.807, 2.05) is 31.2 Å². The van der Waals surface area contributed by atoms with Gasteiger partial charge in [0.05, 0.1) is 5.56 Å². The highest BCUT2D eigenvalue weighted by molar-refractivity contribution is 5.93. The molecule has 0 radical (unpaired) electrons. The van der Waals surface area contributed by atoms with Crippen molar-refractivity contribution in [3.8, 4) is 0 Å². The Kier molecular flexibility index (Phi) is 4.02. The Bertz CT molecular complexity index is 575. The molecule has 19 heavy (non-hydrogen) atoms. The third-order valence-electron chi connectivity index (χ3n) is 2.97. The summed E-state index contributed by atoms with van der Waals surface area (Å²) in [4.78, 5) is 13.8. The molecule has 0 fully saturated rings. The summed E-state index contributed by atoms with van der Waals surface area (Å²) in [6, 6.07) is 9.69. The molecule has 1 aromatic heterocycles. The fourth-order valence-corrected chi connectivity index (χ4v) is 1.98. The second-order valence-electron chi connectivity index (χ2n) is 4.63. The zero-order chi connectivity index (χ0) is 13.8. The fraction of sp³-hybridized carbons (Fsp3) is 0.267. The maximum Gasteiger partial charge on any atom is 0.257 e. The van der Waals surface area contributed by atoms with Crippen molar-refractivity contribution in [2.24, 2.45) is 5.73 Å². The van der Waals surface area contributed by atoms with E-state index in [-0.39, 0.29) is 5.91 Å². The summed E-state index contributed by atoms with van der Waals surface area (Å²) in [5.41, 5.74) is 8.32. The van der Waals surface area contributed by atoms with Crippen molar-refractivity contribution in [2.75, 3.05) is 7.05 Å². The lowest BCUT2D eigenvalue weighted by Gasteiger charge is -2.16. The van der Waals surface area contributed by atoms with Crippen LogP contribution >= 0.6 is 0 Å². The zero-order valence-electron chi connectivity index (χ0n) is 11.2. The van der Waals surface area contributed by atoms with Crippen molar-refractivity contribution in [2.45, 2.75) is 20.0 Å². The number of furan rings is 1. The van der Waals surface area contributed by atoms with Gasteiger partial charge in [0.2, 0.25) is 0 Å². The highest BCUT2D eigenvalue weighted by atomic mass is 16.3. The van der Waals surface area contributed by atoms with E-state index in [1.54, 1.807) is 18.0 Å². The molecule has 1 heterocycles. The van der Waals surface area contributed by atoms with Crippen LogP contribution in [0, 0.1) is 6.92 Å². The largest absolute Gasteiger partial charge is 0.469 e. The van der Waals surface area contributed by atoms with Crippen LogP contribution in [0.4, 0.5) is 0 Å². The lowest BCUT2D eigenvalue weighted by molar-refractivity contribution is 0.0784. The van der Waals surface area contributed by atoms with Crippen LogP contribution in [0.1, 0.15) is 27.2 Å². The molecule has 0 saturated heterocycles. The monoisotopic (exact) mass is 258 g/mol. The summed E-state index contributed by atoms with van der Waals surface area (Å²) < 4.78 is 5.16. The van der Waals surface area contributed by atoms with Crippen LogP contribution in [-0.4, -0.2) is 17.9 Å². The maximum atomic E-state index is 12.2. The average Bonchev–Trinajstić information content (AvgIpc) is 2.84. The number of rotatable bonds is 4.